The average Bonchev–Trinajstić information content (AvgIpc) is 2.52. The first-order chi connectivity index (χ1) is 10.9. The van der Waals surface area contributed by atoms with Crippen molar-refractivity contribution < 1.29 is 18.7 Å². The van der Waals surface area contributed by atoms with E-state index in [1.165, 1.54) is 11.1 Å². The zero-order valence-electron chi connectivity index (χ0n) is 13.0. The molecule has 1 amide bonds. The summed E-state index contributed by atoms with van der Waals surface area (Å²) >= 11 is 0. The third-order valence-electron chi connectivity index (χ3n) is 4.97. The van der Waals surface area contributed by atoms with Crippen molar-refractivity contribution in [1.29, 1.82) is 0 Å². The molecular weight excluding hydrogens is 302 g/mol. The van der Waals surface area contributed by atoms with Crippen LogP contribution in [0.15, 0.2) is 24.3 Å². The molecule has 3 rings (SSSR count). The predicted octanol–water partition coefficient (Wildman–Crippen LogP) is 1.71. The van der Waals surface area contributed by atoms with Gasteiger partial charge in [-0.25, -0.2) is 0 Å². The fourth-order valence-corrected chi connectivity index (χ4v) is 3.22. The Kier molecular flexibility index (Phi) is 4.38. The Hall–Kier alpha value is -1.53. The molecule has 1 aliphatic carbocycles. The van der Waals surface area contributed by atoms with Crippen LogP contribution in [0.25, 0.3) is 0 Å². The molecular formula is C17H22F2N2O2. The largest absolute Gasteiger partial charge is 0.383 e. The van der Waals surface area contributed by atoms with Gasteiger partial charge in [0.25, 0.3) is 5.91 Å². The van der Waals surface area contributed by atoms with Crippen molar-refractivity contribution in [3.63, 3.8) is 0 Å². The first-order valence-corrected chi connectivity index (χ1v) is 8.10. The number of fused-ring (bicyclic) bond motifs is 1. The maximum atomic E-state index is 13.9. The third-order valence-corrected chi connectivity index (χ3v) is 4.97. The highest BCUT2D eigenvalue weighted by Gasteiger charge is 2.61. The third kappa shape index (κ3) is 3.10. The zero-order chi connectivity index (χ0) is 16.5. The quantitative estimate of drug-likeness (QED) is 0.867. The van der Waals surface area contributed by atoms with Crippen molar-refractivity contribution >= 4 is 5.91 Å². The minimum Gasteiger partial charge on any atom is -0.383 e. The highest BCUT2D eigenvalue weighted by atomic mass is 19.3. The van der Waals surface area contributed by atoms with Crippen molar-refractivity contribution in [3.05, 3.63) is 35.4 Å². The lowest BCUT2D eigenvalue weighted by atomic mass is 9.75. The van der Waals surface area contributed by atoms with Crippen molar-refractivity contribution in [2.45, 2.75) is 43.8 Å². The van der Waals surface area contributed by atoms with Crippen LogP contribution < -0.4 is 5.32 Å². The van der Waals surface area contributed by atoms with Gasteiger partial charge in [0.05, 0.1) is 0 Å². The van der Waals surface area contributed by atoms with Crippen molar-refractivity contribution in [2.24, 2.45) is 0 Å². The lowest BCUT2D eigenvalue weighted by molar-refractivity contribution is -0.215. The summed E-state index contributed by atoms with van der Waals surface area (Å²) in [6.45, 7) is 2.31. The average molecular weight is 324 g/mol. The van der Waals surface area contributed by atoms with Gasteiger partial charge in [-0.15, -0.1) is 0 Å². The Morgan fingerprint density at radius 3 is 2.65 bits per heavy atom. The van der Waals surface area contributed by atoms with E-state index >= 15 is 0 Å². The maximum absolute atomic E-state index is 13.9. The smallest absolute Gasteiger partial charge is 0.352 e. The lowest BCUT2D eigenvalue weighted by Gasteiger charge is -2.41. The van der Waals surface area contributed by atoms with E-state index in [2.05, 4.69) is 22.3 Å². The van der Waals surface area contributed by atoms with Gasteiger partial charge in [-0.2, -0.15) is 8.78 Å². The molecule has 23 heavy (non-hydrogen) atoms. The second kappa shape index (κ2) is 6.17. The van der Waals surface area contributed by atoms with Crippen LogP contribution in [0.2, 0.25) is 0 Å². The van der Waals surface area contributed by atoms with Gasteiger partial charge in [-0.3, -0.25) is 9.69 Å². The molecule has 1 aromatic carbocycles. The van der Waals surface area contributed by atoms with E-state index in [0.717, 1.165) is 19.5 Å². The second-order valence-corrected chi connectivity index (χ2v) is 6.51. The molecule has 0 radical (unpaired) electrons. The molecule has 0 atom stereocenters. The molecule has 0 saturated heterocycles. The number of benzene rings is 1. The van der Waals surface area contributed by atoms with Crippen LogP contribution >= 0.6 is 0 Å². The number of nitrogens with zero attached hydrogens (tertiary/aromatic N) is 1. The number of alkyl halides is 2. The first-order valence-electron chi connectivity index (χ1n) is 8.10. The van der Waals surface area contributed by atoms with E-state index in [1.807, 2.05) is 12.1 Å². The summed E-state index contributed by atoms with van der Waals surface area (Å²) in [7, 11) is 0. The maximum Gasteiger partial charge on any atom is 0.352 e. The van der Waals surface area contributed by atoms with E-state index in [4.69, 9.17) is 0 Å². The molecule has 2 N–H and O–H groups in total. The van der Waals surface area contributed by atoms with Crippen LogP contribution in [0.3, 0.4) is 0 Å². The van der Waals surface area contributed by atoms with Crippen LogP contribution in [-0.4, -0.2) is 47.1 Å². The summed E-state index contributed by atoms with van der Waals surface area (Å²) in [6.07, 6.45) is 1.43. The van der Waals surface area contributed by atoms with Gasteiger partial charge in [0.1, 0.15) is 5.60 Å². The van der Waals surface area contributed by atoms with Crippen LogP contribution in [0.1, 0.15) is 30.4 Å². The second-order valence-electron chi connectivity index (χ2n) is 6.51. The predicted molar refractivity (Wildman–Crippen MR) is 82.2 cm³/mol. The number of halogens is 2. The van der Waals surface area contributed by atoms with Crippen LogP contribution in [0.5, 0.6) is 0 Å². The molecule has 1 saturated carbocycles. The summed E-state index contributed by atoms with van der Waals surface area (Å²) in [5.41, 5.74) is 0.423. The number of carbonyl (C=O) groups excluding carboxylic acids is 1. The minimum absolute atomic E-state index is 0.0175. The summed E-state index contributed by atoms with van der Waals surface area (Å²) in [5, 5.41) is 12.0. The Morgan fingerprint density at radius 1 is 1.30 bits per heavy atom. The van der Waals surface area contributed by atoms with Gasteiger partial charge in [0, 0.05) is 26.2 Å². The van der Waals surface area contributed by atoms with Gasteiger partial charge >= 0.3 is 5.92 Å². The van der Waals surface area contributed by atoms with Gasteiger partial charge in [0.2, 0.25) is 0 Å². The SMILES string of the molecule is O=C(NCCN1CCc2ccccc2C1)C(F)(F)C1(O)CCC1. The Balaban J connectivity index is 1.48. The molecule has 1 fully saturated rings. The Bertz CT molecular complexity index is 588. The van der Waals surface area contributed by atoms with Gasteiger partial charge in [-0.1, -0.05) is 24.3 Å². The number of aliphatic hydroxyl groups is 1. The first kappa shape index (κ1) is 16.3. The van der Waals surface area contributed by atoms with Crippen LogP contribution in [0, 0.1) is 0 Å². The van der Waals surface area contributed by atoms with Gasteiger partial charge in [0.15, 0.2) is 0 Å². The van der Waals surface area contributed by atoms with Crippen LogP contribution in [0.4, 0.5) is 8.78 Å². The Morgan fingerprint density at radius 2 is 2.00 bits per heavy atom. The number of nitrogens with one attached hydrogen (secondary N) is 1. The van der Waals surface area contributed by atoms with Crippen molar-refractivity contribution in [2.75, 3.05) is 19.6 Å². The fraction of sp³-hybridized carbons (Fsp3) is 0.588. The standard InChI is InChI=1S/C17H22F2N2O2/c18-17(19,16(23)7-3-8-16)15(22)20-9-11-21-10-6-13-4-1-2-5-14(13)12-21/h1-2,4-5,23H,3,6-12H2,(H,20,22). The molecule has 1 aromatic rings. The number of hydrogen-bond acceptors (Lipinski definition) is 3. The lowest BCUT2D eigenvalue weighted by Crippen LogP contribution is -2.61. The summed E-state index contributed by atoms with van der Waals surface area (Å²) in [4.78, 5) is 13.8. The summed E-state index contributed by atoms with van der Waals surface area (Å²) in [5.74, 6) is -5.07. The molecule has 6 heteroatoms. The topological polar surface area (TPSA) is 52.6 Å². The van der Waals surface area contributed by atoms with E-state index in [-0.39, 0.29) is 19.4 Å². The molecule has 126 valence electrons. The van der Waals surface area contributed by atoms with E-state index in [0.29, 0.717) is 13.0 Å². The van der Waals surface area contributed by atoms with Crippen molar-refractivity contribution in [1.82, 2.24) is 10.2 Å². The molecule has 4 nitrogen and oxygen atoms in total. The fourth-order valence-electron chi connectivity index (χ4n) is 3.22. The molecule has 0 unspecified atom stereocenters. The minimum atomic E-state index is -3.71. The summed E-state index contributed by atoms with van der Waals surface area (Å²) in [6, 6.07) is 8.18. The Labute approximate surface area is 134 Å². The van der Waals surface area contributed by atoms with Crippen LogP contribution in [-0.2, 0) is 17.8 Å². The van der Waals surface area contributed by atoms with E-state index < -0.39 is 17.4 Å². The highest BCUT2D eigenvalue weighted by Crippen LogP contribution is 2.44. The van der Waals surface area contributed by atoms with Gasteiger partial charge in [-0.05, 0) is 36.8 Å². The monoisotopic (exact) mass is 324 g/mol. The molecule has 1 aliphatic heterocycles. The van der Waals surface area contributed by atoms with Gasteiger partial charge < -0.3 is 10.4 Å². The number of carbonyl (C=O) groups is 1. The molecule has 0 aromatic heterocycles. The number of amides is 1. The normalized spacial score (nSPS) is 20.5. The molecule has 2 aliphatic rings. The molecule has 0 bridgehead atoms. The van der Waals surface area contributed by atoms with E-state index in [1.54, 1.807) is 0 Å². The molecule has 1 heterocycles. The summed E-state index contributed by atoms with van der Waals surface area (Å²) < 4.78 is 27.9. The van der Waals surface area contributed by atoms with E-state index in [9.17, 15) is 18.7 Å². The number of hydrogen-bond donors (Lipinski definition) is 2. The zero-order valence-corrected chi connectivity index (χ0v) is 13.0. The highest BCUT2D eigenvalue weighted by molar-refractivity contribution is 5.85. The number of rotatable bonds is 5. The van der Waals surface area contributed by atoms with Crippen molar-refractivity contribution in [3.8, 4) is 0 Å². The molecule has 0 spiro atoms.